The Morgan fingerprint density at radius 2 is 2.00 bits per heavy atom. The standard InChI is InChI=1S/C11H5FN2O5/c12-10(15)7-2-1-5-3-9(14(18)19)6(11(16)17)4-8(5)13-7/h1-4H,(H,16,17). The summed E-state index contributed by atoms with van der Waals surface area (Å²) in [6.07, 6.45) is 0. The van der Waals surface area contributed by atoms with Gasteiger partial charge in [-0.1, -0.05) is 6.07 Å². The first kappa shape index (κ1) is 12.6. The van der Waals surface area contributed by atoms with Gasteiger partial charge in [-0.25, -0.2) is 9.78 Å². The molecule has 1 aromatic carbocycles. The Balaban J connectivity index is 2.77. The van der Waals surface area contributed by atoms with Gasteiger partial charge in [-0.2, -0.15) is 4.39 Å². The molecular formula is C11H5FN2O5. The van der Waals surface area contributed by atoms with Crippen LogP contribution in [0.4, 0.5) is 10.1 Å². The molecule has 0 fully saturated rings. The average molecular weight is 264 g/mol. The van der Waals surface area contributed by atoms with E-state index in [1.807, 2.05) is 0 Å². The summed E-state index contributed by atoms with van der Waals surface area (Å²) in [5.74, 6) is -1.51. The van der Waals surface area contributed by atoms with Crippen LogP contribution in [-0.4, -0.2) is 27.0 Å². The molecule has 0 spiro atoms. The second-order valence-electron chi connectivity index (χ2n) is 3.59. The molecule has 0 aliphatic carbocycles. The minimum Gasteiger partial charge on any atom is -0.477 e. The third kappa shape index (κ3) is 2.23. The first-order valence-electron chi connectivity index (χ1n) is 4.92. The van der Waals surface area contributed by atoms with Crippen molar-refractivity contribution in [2.24, 2.45) is 0 Å². The molecule has 0 atom stereocenters. The van der Waals surface area contributed by atoms with Crippen LogP contribution in [0.15, 0.2) is 24.3 Å². The molecule has 0 aliphatic heterocycles. The van der Waals surface area contributed by atoms with E-state index in [0.717, 1.165) is 18.2 Å². The number of hydrogen-bond donors (Lipinski definition) is 1. The fraction of sp³-hybridized carbons (Fsp3) is 0. The molecule has 0 saturated heterocycles. The lowest BCUT2D eigenvalue weighted by atomic mass is 10.1. The van der Waals surface area contributed by atoms with Gasteiger partial charge in [0.15, 0.2) is 0 Å². The number of benzene rings is 1. The van der Waals surface area contributed by atoms with E-state index >= 15 is 0 Å². The van der Waals surface area contributed by atoms with Crippen LogP contribution in [-0.2, 0) is 0 Å². The molecular weight excluding hydrogens is 259 g/mol. The van der Waals surface area contributed by atoms with Gasteiger partial charge < -0.3 is 5.11 Å². The van der Waals surface area contributed by atoms with Crippen LogP contribution in [0.2, 0.25) is 0 Å². The van der Waals surface area contributed by atoms with E-state index in [4.69, 9.17) is 5.11 Å². The predicted octanol–water partition coefficient (Wildman–Crippen LogP) is 1.95. The monoisotopic (exact) mass is 264 g/mol. The highest BCUT2D eigenvalue weighted by Crippen LogP contribution is 2.25. The van der Waals surface area contributed by atoms with Gasteiger partial charge in [0.25, 0.3) is 5.69 Å². The topological polar surface area (TPSA) is 110 Å². The van der Waals surface area contributed by atoms with Crippen LogP contribution >= 0.6 is 0 Å². The van der Waals surface area contributed by atoms with Crippen molar-refractivity contribution >= 4 is 28.6 Å². The van der Waals surface area contributed by atoms with Gasteiger partial charge in [0.2, 0.25) is 0 Å². The summed E-state index contributed by atoms with van der Waals surface area (Å²) in [6.45, 7) is 0. The SMILES string of the molecule is O=C(F)c1ccc2cc([N+](=O)[O-])c(C(=O)O)cc2n1. The molecule has 19 heavy (non-hydrogen) atoms. The quantitative estimate of drug-likeness (QED) is 0.515. The molecule has 2 rings (SSSR count). The smallest absolute Gasteiger partial charge is 0.350 e. The van der Waals surface area contributed by atoms with Gasteiger partial charge in [-0.3, -0.25) is 14.9 Å². The van der Waals surface area contributed by atoms with Crippen LogP contribution in [0.1, 0.15) is 20.8 Å². The third-order valence-corrected chi connectivity index (χ3v) is 2.44. The number of nitrogens with zero attached hydrogens (tertiary/aromatic N) is 2. The van der Waals surface area contributed by atoms with E-state index in [1.165, 1.54) is 6.07 Å². The van der Waals surface area contributed by atoms with E-state index in [9.17, 15) is 24.1 Å². The number of aromatic nitrogens is 1. The lowest BCUT2D eigenvalue weighted by Crippen LogP contribution is -2.04. The van der Waals surface area contributed by atoms with Crippen LogP contribution in [0.5, 0.6) is 0 Å². The van der Waals surface area contributed by atoms with Gasteiger partial charge in [0.1, 0.15) is 11.3 Å². The number of carbonyl (C=O) groups excluding carboxylic acids is 1. The first-order chi connectivity index (χ1) is 8.90. The molecule has 0 aliphatic rings. The normalized spacial score (nSPS) is 10.4. The Kier molecular flexibility index (Phi) is 2.91. The Hall–Kier alpha value is -2.90. The van der Waals surface area contributed by atoms with Crippen molar-refractivity contribution in [3.63, 3.8) is 0 Å². The Bertz CT molecular complexity index is 728. The highest BCUT2D eigenvalue weighted by molar-refractivity contribution is 5.99. The van der Waals surface area contributed by atoms with E-state index in [1.54, 1.807) is 0 Å². The zero-order chi connectivity index (χ0) is 14.2. The number of carboxylic acids is 1. The zero-order valence-corrected chi connectivity index (χ0v) is 9.16. The summed E-state index contributed by atoms with van der Waals surface area (Å²) in [6, 6.07) is 2.50. The second kappa shape index (κ2) is 4.41. The fourth-order valence-corrected chi connectivity index (χ4v) is 1.59. The van der Waals surface area contributed by atoms with Crippen molar-refractivity contribution < 1.29 is 24.0 Å². The van der Waals surface area contributed by atoms with Crippen molar-refractivity contribution in [1.29, 1.82) is 0 Å². The highest BCUT2D eigenvalue weighted by atomic mass is 19.1. The van der Waals surface area contributed by atoms with E-state index in [0.29, 0.717) is 0 Å². The van der Waals surface area contributed by atoms with Crippen molar-refractivity contribution in [3.05, 3.63) is 45.6 Å². The number of nitro groups is 1. The second-order valence-corrected chi connectivity index (χ2v) is 3.59. The number of fused-ring (bicyclic) bond motifs is 1. The lowest BCUT2D eigenvalue weighted by molar-refractivity contribution is -0.385. The number of aromatic carboxylic acids is 1. The molecule has 7 nitrogen and oxygen atoms in total. The van der Waals surface area contributed by atoms with Crippen LogP contribution in [0.25, 0.3) is 10.9 Å². The van der Waals surface area contributed by atoms with Crippen molar-refractivity contribution in [1.82, 2.24) is 4.98 Å². The highest BCUT2D eigenvalue weighted by Gasteiger charge is 2.21. The van der Waals surface area contributed by atoms with Crippen LogP contribution < -0.4 is 0 Å². The average Bonchev–Trinajstić information content (AvgIpc) is 2.36. The molecule has 1 heterocycles. The number of rotatable bonds is 3. The molecule has 96 valence electrons. The molecule has 0 radical (unpaired) electrons. The number of pyridine rings is 1. The van der Waals surface area contributed by atoms with Crippen LogP contribution in [0, 0.1) is 10.1 Å². The maximum atomic E-state index is 12.5. The zero-order valence-electron chi connectivity index (χ0n) is 9.16. The molecule has 0 unspecified atom stereocenters. The minimum atomic E-state index is -1.77. The Morgan fingerprint density at radius 1 is 1.32 bits per heavy atom. The van der Waals surface area contributed by atoms with Crippen molar-refractivity contribution in [3.8, 4) is 0 Å². The number of carbonyl (C=O) groups is 2. The summed E-state index contributed by atoms with van der Waals surface area (Å²) in [4.78, 5) is 35.0. The number of hydrogen-bond acceptors (Lipinski definition) is 5. The first-order valence-corrected chi connectivity index (χ1v) is 4.92. The summed E-state index contributed by atoms with van der Waals surface area (Å²) in [5, 5.41) is 19.9. The van der Waals surface area contributed by atoms with E-state index < -0.39 is 33.9 Å². The maximum Gasteiger partial charge on any atom is 0.350 e. The molecule has 0 bridgehead atoms. The number of carboxylic acid groups (broad SMARTS) is 1. The van der Waals surface area contributed by atoms with Gasteiger partial charge in [-0.15, -0.1) is 0 Å². The largest absolute Gasteiger partial charge is 0.477 e. The molecule has 1 N–H and O–H groups in total. The minimum absolute atomic E-state index is 0.00787. The number of halogens is 1. The summed E-state index contributed by atoms with van der Waals surface area (Å²) in [7, 11) is 0. The van der Waals surface area contributed by atoms with Gasteiger partial charge >= 0.3 is 12.0 Å². The van der Waals surface area contributed by atoms with Crippen LogP contribution in [0.3, 0.4) is 0 Å². The van der Waals surface area contributed by atoms with Crippen molar-refractivity contribution in [2.45, 2.75) is 0 Å². The summed E-state index contributed by atoms with van der Waals surface area (Å²) in [5.41, 5.74) is -1.67. The number of nitro benzene ring substituents is 1. The van der Waals surface area contributed by atoms with Gasteiger partial charge in [0.05, 0.1) is 10.4 Å². The van der Waals surface area contributed by atoms with Gasteiger partial charge in [0, 0.05) is 11.5 Å². The molecule has 0 saturated carbocycles. The molecule has 2 aromatic rings. The fourth-order valence-electron chi connectivity index (χ4n) is 1.59. The summed E-state index contributed by atoms with van der Waals surface area (Å²) < 4.78 is 12.5. The maximum absolute atomic E-state index is 12.5. The van der Waals surface area contributed by atoms with E-state index in [2.05, 4.69) is 4.98 Å². The Morgan fingerprint density at radius 3 is 2.53 bits per heavy atom. The summed E-state index contributed by atoms with van der Waals surface area (Å²) >= 11 is 0. The Labute approximate surface area is 104 Å². The molecule has 8 heteroatoms. The van der Waals surface area contributed by atoms with Gasteiger partial charge in [-0.05, 0) is 12.1 Å². The predicted molar refractivity (Wildman–Crippen MR) is 60.8 cm³/mol. The molecule has 1 aromatic heterocycles. The third-order valence-electron chi connectivity index (χ3n) is 2.44. The van der Waals surface area contributed by atoms with Crippen molar-refractivity contribution in [2.75, 3.05) is 0 Å². The van der Waals surface area contributed by atoms with E-state index in [-0.39, 0.29) is 10.9 Å². The molecule has 0 amide bonds. The lowest BCUT2D eigenvalue weighted by Gasteiger charge is -2.02.